The molecule has 0 spiro atoms. The fourth-order valence-electron chi connectivity index (χ4n) is 2.16. The molecule has 118 valence electrons. The van der Waals surface area contributed by atoms with Crippen molar-refractivity contribution in [2.45, 2.75) is 13.5 Å². The lowest BCUT2D eigenvalue weighted by molar-refractivity contribution is 0.303. The molecule has 3 rings (SSSR count). The Labute approximate surface area is 140 Å². The molecule has 0 aliphatic carbocycles. The number of halogens is 1. The lowest BCUT2D eigenvalue weighted by atomic mass is 10.1. The van der Waals surface area contributed by atoms with Crippen LogP contribution in [0.25, 0.3) is 5.69 Å². The third-order valence-electron chi connectivity index (χ3n) is 3.40. The number of nitrogens with zero attached hydrogens (tertiary/aromatic N) is 5. The molecule has 0 saturated heterocycles. The molecule has 1 aromatic carbocycles. The molecule has 0 atom stereocenters. The van der Waals surface area contributed by atoms with Crippen LogP contribution < -0.4 is 10.4 Å². The van der Waals surface area contributed by atoms with E-state index in [0.717, 1.165) is 15.6 Å². The molecule has 0 bridgehead atoms. The number of aromatic nitrogens is 5. The summed E-state index contributed by atoms with van der Waals surface area (Å²) in [5.41, 5.74) is 2.23. The number of hydrogen-bond donors (Lipinski definition) is 0. The molecule has 0 radical (unpaired) electrons. The number of ether oxygens (including phenoxy) is 1. The number of hydrogen-bond acceptors (Lipinski definition) is 5. The molecule has 8 heteroatoms. The Kier molecular flexibility index (Phi) is 4.24. The number of rotatable bonds is 4. The van der Waals surface area contributed by atoms with E-state index < -0.39 is 0 Å². The van der Waals surface area contributed by atoms with Crippen molar-refractivity contribution in [2.24, 2.45) is 7.05 Å². The van der Waals surface area contributed by atoms with Crippen LogP contribution in [0.1, 0.15) is 11.1 Å². The zero-order valence-corrected chi connectivity index (χ0v) is 14.2. The summed E-state index contributed by atoms with van der Waals surface area (Å²) in [4.78, 5) is 16.2. The summed E-state index contributed by atoms with van der Waals surface area (Å²) in [5.74, 6) is 0.639. The van der Waals surface area contributed by atoms with Crippen LogP contribution in [0, 0.1) is 6.92 Å². The Morgan fingerprint density at radius 1 is 1.26 bits per heavy atom. The van der Waals surface area contributed by atoms with Gasteiger partial charge in [-0.05, 0) is 51.0 Å². The highest BCUT2D eigenvalue weighted by molar-refractivity contribution is 9.10. The lowest BCUT2D eigenvalue weighted by Gasteiger charge is -2.12. The summed E-state index contributed by atoms with van der Waals surface area (Å²) in [5, 5.41) is 7.65. The van der Waals surface area contributed by atoms with E-state index in [-0.39, 0.29) is 5.69 Å². The summed E-state index contributed by atoms with van der Waals surface area (Å²) < 4.78 is 9.09. The van der Waals surface area contributed by atoms with Crippen molar-refractivity contribution in [3.63, 3.8) is 0 Å². The van der Waals surface area contributed by atoms with Crippen LogP contribution >= 0.6 is 15.9 Å². The summed E-state index contributed by atoms with van der Waals surface area (Å²) in [6.07, 6.45) is 3.32. The molecular weight excluding hydrogens is 362 g/mol. The Balaban J connectivity index is 1.96. The van der Waals surface area contributed by atoms with Gasteiger partial charge in [0.25, 0.3) is 0 Å². The Morgan fingerprint density at radius 3 is 2.78 bits per heavy atom. The highest BCUT2D eigenvalue weighted by Gasteiger charge is 2.13. The smallest absolute Gasteiger partial charge is 0.368 e. The molecule has 3 aromatic rings. The molecule has 0 fully saturated rings. The van der Waals surface area contributed by atoms with E-state index in [9.17, 15) is 4.79 Å². The first-order valence-corrected chi connectivity index (χ1v) is 7.67. The molecule has 0 N–H and O–H groups in total. The van der Waals surface area contributed by atoms with Crippen LogP contribution in [0.5, 0.6) is 5.75 Å². The van der Waals surface area contributed by atoms with Gasteiger partial charge in [-0.2, -0.15) is 9.36 Å². The first-order valence-electron chi connectivity index (χ1n) is 6.87. The third kappa shape index (κ3) is 3.16. The highest BCUT2D eigenvalue weighted by atomic mass is 79.9. The Bertz CT molecular complexity index is 903. The highest BCUT2D eigenvalue weighted by Crippen LogP contribution is 2.21. The van der Waals surface area contributed by atoms with Gasteiger partial charge in [0.05, 0.1) is 11.9 Å². The predicted molar refractivity (Wildman–Crippen MR) is 87.6 cm³/mol. The van der Waals surface area contributed by atoms with Crippen LogP contribution in [0.4, 0.5) is 0 Å². The molecule has 0 aliphatic rings. The van der Waals surface area contributed by atoms with E-state index in [4.69, 9.17) is 4.74 Å². The number of tetrazole rings is 1. The largest absolute Gasteiger partial charge is 0.487 e. The minimum absolute atomic E-state index is 0.295. The van der Waals surface area contributed by atoms with Gasteiger partial charge in [0.15, 0.2) is 0 Å². The van der Waals surface area contributed by atoms with Gasteiger partial charge in [0.2, 0.25) is 0 Å². The Morgan fingerprint density at radius 2 is 2.09 bits per heavy atom. The van der Waals surface area contributed by atoms with Crippen LogP contribution in [0.15, 0.2) is 45.9 Å². The van der Waals surface area contributed by atoms with E-state index in [1.807, 2.05) is 31.2 Å². The zero-order valence-electron chi connectivity index (χ0n) is 12.6. The summed E-state index contributed by atoms with van der Waals surface area (Å²) in [6, 6.07) is 7.49. The number of benzene rings is 1. The quantitative estimate of drug-likeness (QED) is 0.697. The Hall–Kier alpha value is -2.48. The molecule has 0 aliphatic heterocycles. The van der Waals surface area contributed by atoms with Crippen molar-refractivity contribution < 1.29 is 4.74 Å². The topological polar surface area (TPSA) is 74.8 Å². The maximum atomic E-state index is 12.1. The van der Waals surface area contributed by atoms with E-state index >= 15 is 0 Å². The van der Waals surface area contributed by atoms with Crippen LogP contribution in [-0.2, 0) is 13.7 Å². The normalized spacial score (nSPS) is 10.7. The number of pyridine rings is 1. The second-order valence-electron chi connectivity index (χ2n) is 5.00. The second-order valence-corrected chi connectivity index (χ2v) is 5.91. The van der Waals surface area contributed by atoms with E-state index in [1.54, 1.807) is 19.4 Å². The van der Waals surface area contributed by atoms with Crippen molar-refractivity contribution in [1.29, 1.82) is 0 Å². The van der Waals surface area contributed by atoms with Crippen molar-refractivity contribution in [1.82, 2.24) is 24.8 Å². The second kappa shape index (κ2) is 6.33. The fourth-order valence-corrected chi connectivity index (χ4v) is 2.51. The SMILES string of the molecule is Cc1cccc(-n2nnn(C)c2=O)c1COc1cncc(Br)c1. The maximum absolute atomic E-state index is 12.1. The van der Waals surface area contributed by atoms with Gasteiger partial charge in [-0.1, -0.05) is 12.1 Å². The fraction of sp³-hybridized carbons (Fsp3) is 0.200. The van der Waals surface area contributed by atoms with E-state index in [0.29, 0.717) is 18.0 Å². The first kappa shape index (κ1) is 15.4. The van der Waals surface area contributed by atoms with Crippen LogP contribution in [-0.4, -0.2) is 24.8 Å². The van der Waals surface area contributed by atoms with Gasteiger partial charge in [-0.3, -0.25) is 4.98 Å². The average Bonchev–Trinajstić information content (AvgIpc) is 2.86. The number of aryl methyl sites for hydroxylation is 2. The molecule has 7 nitrogen and oxygen atoms in total. The maximum Gasteiger partial charge on any atom is 0.368 e. The van der Waals surface area contributed by atoms with Crippen molar-refractivity contribution in [3.8, 4) is 11.4 Å². The minimum atomic E-state index is -0.305. The van der Waals surface area contributed by atoms with Gasteiger partial charge in [-0.25, -0.2) is 4.79 Å². The minimum Gasteiger partial charge on any atom is -0.487 e. The molecular formula is C15H14BrN5O2. The summed E-state index contributed by atoms with van der Waals surface area (Å²) >= 11 is 3.36. The van der Waals surface area contributed by atoms with Gasteiger partial charge >= 0.3 is 5.69 Å². The van der Waals surface area contributed by atoms with Gasteiger partial charge < -0.3 is 4.74 Å². The molecule has 2 heterocycles. The van der Waals surface area contributed by atoms with Crippen molar-refractivity contribution >= 4 is 15.9 Å². The first-order chi connectivity index (χ1) is 11.1. The van der Waals surface area contributed by atoms with E-state index in [2.05, 4.69) is 31.3 Å². The molecule has 0 unspecified atom stereocenters. The summed E-state index contributed by atoms with van der Waals surface area (Å²) in [7, 11) is 1.56. The molecule has 2 aromatic heterocycles. The monoisotopic (exact) mass is 375 g/mol. The lowest BCUT2D eigenvalue weighted by Crippen LogP contribution is -2.23. The third-order valence-corrected chi connectivity index (χ3v) is 3.83. The molecule has 0 saturated carbocycles. The standard InChI is InChI=1S/C15H14BrN5O2/c1-10-4-3-5-14(21-15(22)20(2)18-19-21)13(10)9-23-12-6-11(16)7-17-8-12/h3-8H,9H2,1-2H3. The van der Waals surface area contributed by atoms with Gasteiger partial charge in [0.1, 0.15) is 12.4 Å². The van der Waals surface area contributed by atoms with E-state index in [1.165, 1.54) is 9.36 Å². The molecule has 0 amide bonds. The van der Waals surface area contributed by atoms with Crippen LogP contribution in [0.2, 0.25) is 0 Å². The average molecular weight is 376 g/mol. The van der Waals surface area contributed by atoms with Crippen LogP contribution in [0.3, 0.4) is 0 Å². The zero-order chi connectivity index (χ0) is 16.4. The van der Waals surface area contributed by atoms with Gasteiger partial charge in [0, 0.05) is 23.3 Å². The molecule has 23 heavy (non-hydrogen) atoms. The summed E-state index contributed by atoms with van der Waals surface area (Å²) in [6.45, 7) is 2.26. The van der Waals surface area contributed by atoms with Crippen molar-refractivity contribution in [3.05, 3.63) is 62.7 Å². The predicted octanol–water partition coefficient (Wildman–Crippen LogP) is 2.01. The van der Waals surface area contributed by atoms with Crippen molar-refractivity contribution in [2.75, 3.05) is 0 Å². The van der Waals surface area contributed by atoms with Gasteiger partial charge in [-0.15, -0.1) is 0 Å².